The van der Waals surface area contributed by atoms with Gasteiger partial charge in [0.2, 0.25) is 0 Å². The lowest BCUT2D eigenvalue weighted by molar-refractivity contribution is -0.140. The van der Waals surface area contributed by atoms with Crippen LogP contribution in [0.15, 0.2) is 30.3 Å². The van der Waals surface area contributed by atoms with Crippen LogP contribution in [-0.4, -0.2) is 28.5 Å². The van der Waals surface area contributed by atoms with Gasteiger partial charge in [-0.2, -0.15) is 13.2 Å². The molecule has 1 aromatic carbocycles. The normalized spacial score (nSPS) is 18.5. The molecule has 0 saturated heterocycles. The van der Waals surface area contributed by atoms with Crippen LogP contribution in [0.3, 0.4) is 0 Å². The molecule has 0 atom stereocenters. The van der Waals surface area contributed by atoms with E-state index in [0.717, 1.165) is 43.0 Å². The number of alkyl halides is 3. The number of nitrogens with one attached hydrogen (secondary N) is 2. The summed E-state index contributed by atoms with van der Waals surface area (Å²) in [5.41, 5.74) is 1.57. The predicted molar refractivity (Wildman–Crippen MR) is 132 cm³/mol. The van der Waals surface area contributed by atoms with Crippen LogP contribution in [-0.2, 0) is 6.18 Å². The van der Waals surface area contributed by atoms with Crippen molar-refractivity contribution in [3.8, 4) is 0 Å². The average Bonchev–Trinajstić information content (AvgIpc) is 2.77. The van der Waals surface area contributed by atoms with E-state index in [1.54, 1.807) is 6.07 Å². The number of hydrogen-bond donors (Lipinski definition) is 2. The van der Waals surface area contributed by atoms with Crippen LogP contribution in [0.5, 0.6) is 0 Å². The van der Waals surface area contributed by atoms with Crippen molar-refractivity contribution in [1.29, 1.82) is 0 Å². The van der Waals surface area contributed by atoms with Gasteiger partial charge in [0.25, 0.3) is 5.91 Å². The minimum Gasteiger partial charge on any atom is -0.384 e. The van der Waals surface area contributed by atoms with Crippen LogP contribution >= 0.6 is 23.2 Å². The summed E-state index contributed by atoms with van der Waals surface area (Å²) in [4.78, 5) is 20.7. The van der Waals surface area contributed by atoms with E-state index in [2.05, 4.69) is 20.6 Å². The molecule has 0 radical (unpaired) electrons. The molecule has 186 valence electrons. The number of carbonyl (C=O) groups is 1. The third kappa shape index (κ3) is 5.98. The number of carbonyl (C=O) groups excluding carboxylic acids is 1. The van der Waals surface area contributed by atoms with Crippen molar-refractivity contribution in [3.05, 3.63) is 63.0 Å². The number of amides is 1. The number of nitrogens with zero attached hydrogens (tertiary/aromatic N) is 2. The maximum atomic E-state index is 13.3. The Hall–Kier alpha value is -2.58. The Balaban J connectivity index is 1.39. The van der Waals surface area contributed by atoms with Crippen molar-refractivity contribution in [2.45, 2.75) is 51.7 Å². The van der Waals surface area contributed by atoms with E-state index in [0.29, 0.717) is 28.2 Å². The van der Waals surface area contributed by atoms with Gasteiger partial charge in [0.1, 0.15) is 10.8 Å². The molecule has 0 aliphatic heterocycles. The topological polar surface area (TPSA) is 66.9 Å². The highest BCUT2D eigenvalue weighted by Crippen LogP contribution is 2.35. The zero-order valence-corrected chi connectivity index (χ0v) is 20.8. The van der Waals surface area contributed by atoms with Gasteiger partial charge in [-0.05, 0) is 81.3 Å². The summed E-state index contributed by atoms with van der Waals surface area (Å²) in [5.74, 6) is 0.0210. The lowest BCUT2D eigenvalue weighted by Gasteiger charge is -2.30. The summed E-state index contributed by atoms with van der Waals surface area (Å²) >= 11 is 12.3. The first-order chi connectivity index (χ1) is 16.5. The molecule has 1 fully saturated rings. The Morgan fingerprint density at radius 1 is 1.06 bits per heavy atom. The molecule has 0 spiro atoms. The van der Waals surface area contributed by atoms with Gasteiger partial charge >= 0.3 is 6.18 Å². The van der Waals surface area contributed by atoms with Gasteiger partial charge < -0.3 is 10.6 Å². The number of aryl methyl sites for hydroxylation is 2. The Morgan fingerprint density at radius 3 is 2.43 bits per heavy atom. The largest absolute Gasteiger partial charge is 0.433 e. The molecule has 10 heteroatoms. The summed E-state index contributed by atoms with van der Waals surface area (Å²) < 4.78 is 40.0. The Morgan fingerprint density at radius 2 is 1.77 bits per heavy atom. The molecule has 3 aromatic rings. The molecular weight excluding hydrogens is 500 g/mol. The smallest absolute Gasteiger partial charge is 0.384 e. The monoisotopic (exact) mass is 524 g/mol. The summed E-state index contributed by atoms with van der Waals surface area (Å²) in [5, 5.41) is 7.41. The number of pyridine rings is 2. The summed E-state index contributed by atoms with van der Waals surface area (Å²) in [7, 11) is 0. The number of hydrogen-bond acceptors (Lipinski definition) is 4. The van der Waals surface area contributed by atoms with Crippen LogP contribution in [0, 0.1) is 19.8 Å². The number of fused-ring (bicyclic) bond motifs is 1. The van der Waals surface area contributed by atoms with E-state index in [4.69, 9.17) is 23.2 Å². The fourth-order valence-electron chi connectivity index (χ4n) is 4.58. The maximum Gasteiger partial charge on any atom is 0.433 e. The zero-order chi connectivity index (χ0) is 25.3. The molecule has 1 amide bonds. The van der Waals surface area contributed by atoms with Crippen molar-refractivity contribution < 1.29 is 18.0 Å². The maximum absolute atomic E-state index is 13.3. The van der Waals surface area contributed by atoms with Crippen LogP contribution in [0.2, 0.25) is 10.2 Å². The average molecular weight is 525 g/mol. The second-order valence-corrected chi connectivity index (χ2v) is 9.83. The SMILES string of the molecule is Cc1cc(C)c(C(=O)NC2CCC(CNc3cc(C(F)(F)F)nc4ccc(Cl)cc34)CC2)c(Cl)n1. The fourth-order valence-corrected chi connectivity index (χ4v) is 5.12. The van der Waals surface area contributed by atoms with Crippen molar-refractivity contribution in [2.75, 3.05) is 11.9 Å². The van der Waals surface area contributed by atoms with Gasteiger partial charge in [-0.15, -0.1) is 0 Å². The first-order valence-corrected chi connectivity index (χ1v) is 12.1. The molecule has 2 aromatic heterocycles. The van der Waals surface area contributed by atoms with Crippen LogP contribution < -0.4 is 10.6 Å². The van der Waals surface area contributed by atoms with Crippen LogP contribution in [0.1, 0.15) is 53.0 Å². The molecule has 5 nitrogen and oxygen atoms in total. The van der Waals surface area contributed by atoms with E-state index in [-0.39, 0.29) is 28.5 Å². The Labute approximate surface area is 211 Å². The third-order valence-electron chi connectivity index (χ3n) is 6.35. The van der Waals surface area contributed by atoms with Crippen molar-refractivity contribution in [1.82, 2.24) is 15.3 Å². The molecule has 4 rings (SSSR count). The van der Waals surface area contributed by atoms with Gasteiger partial charge in [0, 0.05) is 34.4 Å². The third-order valence-corrected chi connectivity index (χ3v) is 6.86. The summed E-state index contributed by atoms with van der Waals surface area (Å²) in [6.07, 6.45) is -1.36. The lowest BCUT2D eigenvalue weighted by atomic mass is 9.85. The first-order valence-electron chi connectivity index (χ1n) is 11.4. The zero-order valence-electron chi connectivity index (χ0n) is 19.3. The summed E-state index contributed by atoms with van der Waals surface area (Å²) in [6, 6.07) is 7.50. The van der Waals surface area contributed by atoms with Gasteiger partial charge in [0.15, 0.2) is 0 Å². The molecule has 1 aliphatic rings. The van der Waals surface area contributed by atoms with Gasteiger partial charge in [-0.1, -0.05) is 23.2 Å². The highest BCUT2D eigenvalue weighted by molar-refractivity contribution is 6.33. The van der Waals surface area contributed by atoms with Crippen molar-refractivity contribution in [3.63, 3.8) is 0 Å². The Bertz CT molecular complexity index is 1230. The predicted octanol–water partition coefficient (Wildman–Crippen LogP) is 6.97. The number of anilines is 1. The van der Waals surface area contributed by atoms with Gasteiger partial charge in [-0.25, -0.2) is 9.97 Å². The quantitative estimate of drug-likeness (QED) is 0.353. The van der Waals surface area contributed by atoms with Crippen molar-refractivity contribution in [2.24, 2.45) is 5.92 Å². The molecule has 0 bridgehead atoms. The first kappa shape index (κ1) is 25.5. The number of halogens is 5. The molecule has 2 N–H and O–H groups in total. The number of rotatable bonds is 5. The van der Waals surface area contributed by atoms with E-state index in [1.807, 2.05) is 19.9 Å². The van der Waals surface area contributed by atoms with Crippen molar-refractivity contribution >= 4 is 45.7 Å². The second kappa shape index (κ2) is 10.2. The van der Waals surface area contributed by atoms with E-state index < -0.39 is 11.9 Å². The number of benzene rings is 1. The fraction of sp³-hybridized carbons (Fsp3) is 0.400. The molecule has 0 unspecified atom stereocenters. The van der Waals surface area contributed by atoms with E-state index in [9.17, 15) is 18.0 Å². The molecule has 1 saturated carbocycles. The standard InChI is InChI=1S/C25H25Cl2F3N4O/c1-13-9-14(2)32-23(27)22(13)24(35)33-17-6-3-15(4-7-17)12-31-20-11-21(25(28,29)30)34-19-8-5-16(26)10-18(19)20/h5,8-11,15,17H,3-4,6-7,12H2,1-2H3,(H,31,34)(H,33,35). The van der Waals surface area contributed by atoms with E-state index in [1.165, 1.54) is 12.1 Å². The highest BCUT2D eigenvalue weighted by atomic mass is 35.5. The molecule has 1 aliphatic carbocycles. The minimum absolute atomic E-state index is 0.00733. The lowest BCUT2D eigenvalue weighted by Crippen LogP contribution is -2.39. The van der Waals surface area contributed by atoms with Crippen LogP contribution in [0.4, 0.5) is 18.9 Å². The minimum atomic E-state index is -4.55. The molecule has 35 heavy (non-hydrogen) atoms. The van der Waals surface area contributed by atoms with Gasteiger partial charge in [0.05, 0.1) is 11.1 Å². The second-order valence-electron chi connectivity index (χ2n) is 9.03. The Kier molecular flexibility index (Phi) is 7.43. The van der Waals surface area contributed by atoms with Gasteiger partial charge in [-0.3, -0.25) is 4.79 Å². The molecular formula is C25H25Cl2F3N4O. The summed E-state index contributed by atoms with van der Waals surface area (Å²) in [6.45, 7) is 4.16. The highest BCUT2D eigenvalue weighted by Gasteiger charge is 2.33. The molecule has 2 heterocycles. The number of aromatic nitrogens is 2. The van der Waals surface area contributed by atoms with Crippen LogP contribution in [0.25, 0.3) is 10.9 Å². The van der Waals surface area contributed by atoms with E-state index >= 15 is 0 Å².